The molecule has 1 aliphatic carbocycles. The van der Waals surface area contributed by atoms with Crippen LogP contribution in [0, 0.1) is 0 Å². The van der Waals surface area contributed by atoms with Gasteiger partial charge >= 0.3 is 0 Å². The fraction of sp³-hybridized carbons (Fsp3) is 0.643. The van der Waals surface area contributed by atoms with Gasteiger partial charge in [0.15, 0.2) is 0 Å². The molecule has 1 N–H and O–H groups in total. The summed E-state index contributed by atoms with van der Waals surface area (Å²) in [4.78, 5) is 4.34. The van der Waals surface area contributed by atoms with E-state index in [0.717, 1.165) is 12.4 Å². The minimum Gasteiger partial charge on any atom is -0.373 e. The van der Waals surface area contributed by atoms with E-state index in [1.165, 1.54) is 37.7 Å². The molecule has 1 heterocycles. The summed E-state index contributed by atoms with van der Waals surface area (Å²) >= 11 is 0. The lowest BCUT2D eigenvalue weighted by atomic mass is 9.98. The molecule has 1 aliphatic rings. The molecule has 3 nitrogen and oxygen atoms in total. The van der Waals surface area contributed by atoms with Gasteiger partial charge in [-0.2, -0.15) is 0 Å². The molecule has 1 aromatic heterocycles. The Kier molecular flexibility index (Phi) is 4.80. The molecule has 0 atom stereocenters. The summed E-state index contributed by atoms with van der Waals surface area (Å²) in [6.45, 7) is 3.66. The second-order valence-electron chi connectivity index (χ2n) is 4.61. The molecule has 0 aliphatic heterocycles. The molecule has 0 spiro atoms. The second-order valence-corrected chi connectivity index (χ2v) is 4.61. The zero-order valence-corrected chi connectivity index (χ0v) is 10.6. The van der Waals surface area contributed by atoms with Gasteiger partial charge in [0.1, 0.15) is 5.82 Å². The first-order chi connectivity index (χ1) is 8.40. The number of hydrogen-bond acceptors (Lipinski definition) is 3. The molecule has 0 radical (unpaired) electrons. The number of hydrogen-bond donors (Lipinski definition) is 1. The highest BCUT2D eigenvalue weighted by molar-refractivity contribution is 5.42. The Morgan fingerprint density at radius 2 is 2.18 bits per heavy atom. The van der Waals surface area contributed by atoms with Crippen molar-refractivity contribution in [2.24, 2.45) is 0 Å². The van der Waals surface area contributed by atoms with Crippen LogP contribution in [0.2, 0.25) is 0 Å². The molecular formula is C14H22N2O. The smallest absolute Gasteiger partial charge is 0.131 e. The van der Waals surface area contributed by atoms with Crippen LogP contribution >= 0.6 is 0 Å². The lowest BCUT2D eigenvalue weighted by Gasteiger charge is -2.22. The molecule has 0 amide bonds. The predicted octanol–water partition coefficient (Wildman–Crippen LogP) is 3.36. The van der Waals surface area contributed by atoms with Crippen molar-refractivity contribution >= 4 is 5.82 Å². The van der Waals surface area contributed by atoms with Crippen LogP contribution in [0.15, 0.2) is 18.3 Å². The Morgan fingerprint density at radius 3 is 2.94 bits per heavy atom. The molecule has 0 bridgehead atoms. The molecule has 17 heavy (non-hydrogen) atoms. The van der Waals surface area contributed by atoms with Gasteiger partial charge in [0.2, 0.25) is 0 Å². The highest BCUT2D eigenvalue weighted by Gasteiger charge is 2.14. The van der Waals surface area contributed by atoms with E-state index >= 15 is 0 Å². The van der Waals surface area contributed by atoms with E-state index in [9.17, 15) is 0 Å². The summed E-state index contributed by atoms with van der Waals surface area (Å²) < 4.78 is 5.98. The van der Waals surface area contributed by atoms with E-state index in [1.54, 1.807) is 0 Å². The van der Waals surface area contributed by atoms with Crippen molar-refractivity contribution in [1.29, 1.82) is 0 Å². The number of rotatable bonds is 5. The minimum atomic E-state index is 0.457. The maximum absolute atomic E-state index is 5.98. The number of nitrogens with one attached hydrogen (secondary N) is 1. The zero-order valence-electron chi connectivity index (χ0n) is 10.6. The van der Waals surface area contributed by atoms with Gasteiger partial charge in [-0.15, -0.1) is 0 Å². The fourth-order valence-electron chi connectivity index (χ4n) is 2.32. The predicted molar refractivity (Wildman–Crippen MR) is 70.1 cm³/mol. The highest BCUT2D eigenvalue weighted by Crippen LogP contribution is 2.22. The van der Waals surface area contributed by atoms with Gasteiger partial charge in [0.05, 0.1) is 12.7 Å². The van der Waals surface area contributed by atoms with E-state index in [0.29, 0.717) is 12.7 Å². The van der Waals surface area contributed by atoms with Crippen molar-refractivity contribution in [3.05, 3.63) is 23.9 Å². The van der Waals surface area contributed by atoms with Gasteiger partial charge in [0, 0.05) is 18.3 Å². The van der Waals surface area contributed by atoms with Crippen molar-refractivity contribution in [3.8, 4) is 0 Å². The molecule has 0 aromatic carbocycles. The molecule has 1 aromatic rings. The molecular weight excluding hydrogens is 212 g/mol. The molecule has 1 saturated carbocycles. The van der Waals surface area contributed by atoms with Gasteiger partial charge in [-0.3, -0.25) is 0 Å². The molecule has 1 fully saturated rings. The van der Waals surface area contributed by atoms with Crippen LogP contribution in [0.4, 0.5) is 5.82 Å². The normalized spacial score (nSPS) is 17.0. The van der Waals surface area contributed by atoms with E-state index in [1.807, 2.05) is 12.3 Å². The quantitative estimate of drug-likeness (QED) is 0.848. The summed E-state index contributed by atoms with van der Waals surface area (Å²) in [5, 5.41) is 3.27. The third kappa shape index (κ3) is 3.70. The second kappa shape index (κ2) is 6.60. The standard InChI is InChI=1S/C14H22N2O/c1-2-15-14-12(7-6-10-16-14)11-17-13-8-4-3-5-9-13/h6-7,10,13H,2-5,8-9,11H2,1H3,(H,15,16). The Balaban J connectivity index is 1.88. The fourth-order valence-corrected chi connectivity index (χ4v) is 2.32. The Hall–Kier alpha value is -1.09. The van der Waals surface area contributed by atoms with Crippen molar-refractivity contribution in [1.82, 2.24) is 4.98 Å². The van der Waals surface area contributed by atoms with Crippen LogP contribution < -0.4 is 5.32 Å². The SMILES string of the molecule is CCNc1ncccc1COC1CCCCC1. The lowest BCUT2D eigenvalue weighted by molar-refractivity contribution is 0.0170. The summed E-state index contributed by atoms with van der Waals surface area (Å²) in [5.41, 5.74) is 1.17. The Morgan fingerprint density at radius 1 is 1.35 bits per heavy atom. The van der Waals surface area contributed by atoms with Crippen LogP contribution in [0.3, 0.4) is 0 Å². The molecule has 0 unspecified atom stereocenters. The van der Waals surface area contributed by atoms with Crippen LogP contribution in [-0.4, -0.2) is 17.6 Å². The van der Waals surface area contributed by atoms with E-state index in [2.05, 4.69) is 23.3 Å². The Labute approximate surface area is 104 Å². The summed E-state index contributed by atoms with van der Waals surface area (Å²) in [7, 11) is 0. The maximum Gasteiger partial charge on any atom is 0.131 e. The van der Waals surface area contributed by atoms with Crippen LogP contribution in [0.5, 0.6) is 0 Å². The minimum absolute atomic E-state index is 0.457. The van der Waals surface area contributed by atoms with Crippen molar-refractivity contribution in [3.63, 3.8) is 0 Å². The lowest BCUT2D eigenvalue weighted by Crippen LogP contribution is -2.17. The van der Waals surface area contributed by atoms with E-state index in [4.69, 9.17) is 4.74 Å². The van der Waals surface area contributed by atoms with Gasteiger partial charge in [-0.05, 0) is 25.8 Å². The largest absolute Gasteiger partial charge is 0.373 e. The van der Waals surface area contributed by atoms with Gasteiger partial charge in [-0.1, -0.05) is 25.3 Å². The van der Waals surface area contributed by atoms with Crippen molar-refractivity contribution in [2.75, 3.05) is 11.9 Å². The average molecular weight is 234 g/mol. The molecule has 94 valence electrons. The van der Waals surface area contributed by atoms with Crippen LogP contribution in [-0.2, 0) is 11.3 Å². The zero-order chi connectivity index (χ0) is 11.9. The number of nitrogens with zero attached hydrogens (tertiary/aromatic N) is 1. The van der Waals surface area contributed by atoms with Crippen LogP contribution in [0.25, 0.3) is 0 Å². The van der Waals surface area contributed by atoms with E-state index < -0.39 is 0 Å². The highest BCUT2D eigenvalue weighted by atomic mass is 16.5. The van der Waals surface area contributed by atoms with Crippen molar-refractivity contribution < 1.29 is 4.74 Å². The first-order valence-corrected chi connectivity index (χ1v) is 6.69. The molecule has 3 heteroatoms. The summed E-state index contributed by atoms with van der Waals surface area (Å²) in [6, 6.07) is 4.06. The maximum atomic E-state index is 5.98. The van der Waals surface area contributed by atoms with Crippen LogP contribution in [0.1, 0.15) is 44.6 Å². The number of pyridine rings is 1. The number of ether oxygens (including phenoxy) is 1. The van der Waals surface area contributed by atoms with Gasteiger partial charge in [0.25, 0.3) is 0 Å². The number of anilines is 1. The first-order valence-electron chi connectivity index (χ1n) is 6.69. The first kappa shape index (κ1) is 12.4. The summed E-state index contributed by atoms with van der Waals surface area (Å²) in [5.74, 6) is 0.964. The number of aromatic nitrogens is 1. The van der Waals surface area contributed by atoms with Crippen molar-refractivity contribution in [2.45, 2.75) is 51.7 Å². The third-order valence-corrected chi connectivity index (χ3v) is 3.26. The monoisotopic (exact) mass is 234 g/mol. The topological polar surface area (TPSA) is 34.2 Å². The third-order valence-electron chi connectivity index (χ3n) is 3.26. The van der Waals surface area contributed by atoms with Gasteiger partial charge < -0.3 is 10.1 Å². The molecule has 0 saturated heterocycles. The average Bonchev–Trinajstić information content (AvgIpc) is 2.39. The van der Waals surface area contributed by atoms with E-state index in [-0.39, 0.29) is 0 Å². The van der Waals surface area contributed by atoms with Gasteiger partial charge in [-0.25, -0.2) is 4.98 Å². The Bertz CT molecular complexity index is 335. The molecule has 2 rings (SSSR count). The summed E-state index contributed by atoms with van der Waals surface area (Å²) in [6.07, 6.45) is 8.72.